The topological polar surface area (TPSA) is 193 Å². The summed E-state index contributed by atoms with van der Waals surface area (Å²) in [5.41, 5.74) is 4.00. The fourth-order valence-corrected chi connectivity index (χ4v) is 10.3. The molecular weight excluding hydrogens is 842 g/mol. The van der Waals surface area contributed by atoms with Gasteiger partial charge in [0, 0.05) is 69.5 Å². The molecule has 0 unspecified atom stereocenters. The van der Waals surface area contributed by atoms with Gasteiger partial charge in [-0.05, 0) is 101 Å². The third-order valence-corrected chi connectivity index (χ3v) is 13.9. The second-order valence-corrected chi connectivity index (χ2v) is 18.3. The lowest BCUT2D eigenvalue weighted by atomic mass is 9.77. The first-order valence-electron chi connectivity index (χ1n) is 22.3. The number of hydrogen-bond acceptors (Lipinski definition) is 13. The monoisotopic (exact) mass is 895 g/mol. The number of likely N-dealkylation sites (N-methyl/N-ethyl adjacent to an activating group) is 1. The first kappa shape index (κ1) is 43.6. The summed E-state index contributed by atoms with van der Waals surface area (Å²) in [6.45, 7) is 10.0. The van der Waals surface area contributed by atoms with E-state index in [1.807, 2.05) is 44.2 Å². The number of likely N-dealkylation sites (tertiary alicyclic amines) is 1. The number of hydrogen-bond donors (Lipinski definition) is 3. The van der Waals surface area contributed by atoms with E-state index in [-0.39, 0.29) is 55.8 Å². The Kier molecular flexibility index (Phi) is 12.3. The third kappa shape index (κ3) is 8.51. The number of piperazine rings is 1. The Morgan fingerprint density at radius 1 is 0.969 bits per heavy atom. The molecular formula is C45H54ClN11O7. The molecule has 7 amide bonds. The van der Waals surface area contributed by atoms with Gasteiger partial charge in [0.05, 0.1) is 29.6 Å². The highest BCUT2D eigenvalue weighted by atomic mass is 35.5. The average Bonchev–Trinajstić information content (AvgIpc) is 3.53. The molecule has 1 aliphatic carbocycles. The Bertz CT molecular complexity index is 2360. The van der Waals surface area contributed by atoms with Crippen molar-refractivity contribution in [2.24, 2.45) is 5.92 Å². The van der Waals surface area contributed by atoms with Crippen LogP contribution in [0, 0.1) is 5.92 Å². The number of hydroxylamine groups is 2. The maximum Gasteiger partial charge on any atom is 0.348 e. The van der Waals surface area contributed by atoms with Crippen LogP contribution in [0.2, 0.25) is 5.02 Å². The number of amides is 7. The van der Waals surface area contributed by atoms with Crippen LogP contribution in [0.5, 0.6) is 0 Å². The van der Waals surface area contributed by atoms with Gasteiger partial charge >= 0.3 is 6.03 Å². The summed E-state index contributed by atoms with van der Waals surface area (Å²) in [5, 5.41) is 9.73. The van der Waals surface area contributed by atoms with E-state index in [1.165, 1.54) is 12.1 Å². The van der Waals surface area contributed by atoms with Gasteiger partial charge in [0.1, 0.15) is 11.1 Å². The van der Waals surface area contributed by atoms with Crippen molar-refractivity contribution in [2.45, 2.75) is 83.0 Å². The number of urea groups is 1. The van der Waals surface area contributed by atoms with Crippen LogP contribution in [-0.2, 0) is 25.8 Å². The molecule has 1 saturated carbocycles. The molecule has 3 saturated heterocycles. The number of rotatable bonds is 12. The van der Waals surface area contributed by atoms with Crippen LogP contribution in [0.1, 0.15) is 90.1 Å². The van der Waals surface area contributed by atoms with E-state index in [4.69, 9.17) is 21.4 Å². The third-order valence-electron chi connectivity index (χ3n) is 13.6. The molecule has 0 radical (unpaired) electrons. The van der Waals surface area contributed by atoms with Gasteiger partial charge < -0.3 is 20.4 Å². The maximum atomic E-state index is 13.7. The van der Waals surface area contributed by atoms with Crippen LogP contribution in [-0.4, -0.2) is 143 Å². The minimum absolute atomic E-state index is 0.0964. The number of halogens is 1. The molecule has 0 bridgehead atoms. The predicted octanol–water partition coefficient (Wildman–Crippen LogP) is 3.88. The number of piperidine rings is 2. The molecule has 18 nitrogen and oxygen atoms in total. The minimum Gasteiger partial charge on any atom is -0.357 e. The summed E-state index contributed by atoms with van der Waals surface area (Å²) in [7, 11) is 1.51. The van der Waals surface area contributed by atoms with E-state index in [1.54, 1.807) is 17.2 Å². The van der Waals surface area contributed by atoms with E-state index >= 15 is 0 Å². The fraction of sp³-hybridized carbons (Fsp3) is 0.511. The van der Waals surface area contributed by atoms with E-state index in [2.05, 4.69) is 35.6 Å². The summed E-state index contributed by atoms with van der Waals surface area (Å²) in [6.07, 6.45) is 5.96. The van der Waals surface area contributed by atoms with Crippen molar-refractivity contribution in [3.8, 4) is 0 Å². The zero-order valence-corrected chi connectivity index (χ0v) is 37.1. The summed E-state index contributed by atoms with van der Waals surface area (Å²) in [4.78, 5) is 102. The Labute approximate surface area is 376 Å². The lowest BCUT2D eigenvalue weighted by Crippen LogP contribution is -2.54. The SMILES string of the molecule is CNC(=O)CON1Cc2cc(Nc3nc(N4CCN(CC5CC(N6CCC(c7cccc8c7C(=O)N([C@H]7CCC(=O)NC7=O)C8=O)CC6)C5)CC4)ncc3Cl)ccc2N(C(C)C)C1=O. The lowest BCUT2D eigenvalue weighted by Gasteiger charge is -2.47. The van der Waals surface area contributed by atoms with Crippen molar-refractivity contribution in [3.05, 3.63) is 69.9 Å². The van der Waals surface area contributed by atoms with Gasteiger partial charge in [0.2, 0.25) is 23.7 Å². The van der Waals surface area contributed by atoms with Gasteiger partial charge in [-0.15, -0.1) is 0 Å². The van der Waals surface area contributed by atoms with E-state index in [9.17, 15) is 28.8 Å². The maximum absolute atomic E-state index is 13.7. The van der Waals surface area contributed by atoms with E-state index in [0.717, 1.165) is 98.9 Å². The molecule has 6 heterocycles. The number of carbonyl (C=O) groups excluding carboxylic acids is 6. The minimum atomic E-state index is -0.968. The first-order valence-corrected chi connectivity index (χ1v) is 22.7. The van der Waals surface area contributed by atoms with Crippen LogP contribution in [0.3, 0.4) is 0 Å². The Morgan fingerprint density at radius 3 is 2.45 bits per heavy atom. The Morgan fingerprint density at radius 2 is 1.73 bits per heavy atom. The fourth-order valence-electron chi connectivity index (χ4n) is 10.1. The zero-order valence-electron chi connectivity index (χ0n) is 36.3. The summed E-state index contributed by atoms with van der Waals surface area (Å²) in [6, 6.07) is 10.3. The first-order chi connectivity index (χ1) is 30.9. The van der Waals surface area contributed by atoms with Gasteiger partial charge in [-0.25, -0.2) is 9.78 Å². The largest absolute Gasteiger partial charge is 0.357 e. The molecule has 4 fully saturated rings. The predicted molar refractivity (Wildman–Crippen MR) is 237 cm³/mol. The molecule has 64 heavy (non-hydrogen) atoms. The van der Waals surface area contributed by atoms with Crippen molar-refractivity contribution in [1.82, 2.24) is 40.4 Å². The molecule has 19 heteroatoms. The van der Waals surface area contributed by atoms with Crippen molar-refractivity contribution < 1.29 is 33.6 Å². The normalized spacial score (nSPS) is 23.3. The summed E-state index contributed by atoms with van der Waals surface area (Å²) >= 11 is 6.61. The molecule has 6 aliphatic rings. The molecule has 2 aromatic carbocycles. The van der Waals surface area contributed by atoms with Crippen LogP contribution in [0.25, 0.3) is 0 Å². The number of fused-ring (bicyclic) bond motifs is 2. The van der Waals surface area contributed by atoms with Crippen molar-refractivity contribution >= 4 is 70.3 Å². The number of carbonyl (C=O) groups is 6. The number of imide groups is 2. The number of benzene rings is 2. The molecule has 1 atom stereocenters. The van der Waals surface area contributed by atoms with Gasteiger partial charge in [-0.2, -0.15) is 10.0 Å². The van der Waals surface area contributed by atoms with Crippen molar-refractivity contribution in [3.63, 3.8) is 0 Å². The van der Waals surface area contributed by atoms with Gasteiger partial charge in [0.25, 0.3) is 11.8 Å². The summed E-state index contributed by atoms with van der Waals surface area (Å²) in [5.74, 6) is -0.340. The average molecular weight is 896 g/mol. The number of nitrogens with one attached hydrogen (secondary N) is 3. The molecule has 3 N–H and O–H groups in total. The number of anilines is 4. The molecule has 338 valence electrons. The van der Waals surface area contributed by atoms with Crippen molar-refractivity contribution in [2.75, 3.05) is 74.6 Å². The Balaban J connectivity index is 0.745. The number of aromatic nitrogens is 2. The smallest absolute Gasteiger partial charge is 0.348 e. The highest BCUT2D eigenvalue weighted by Crippen LogP contribution is 2.41. The van der Waals surface area contributed by atoms with Gasteiger partial charge in [-0.3, -0.25) is 48.8 Å². The van der Waals surface area contributed by atoms with E-state index < -0.39 is 23.8 Å². The summed E-state index contributed by atoms with van der Waals surface area (Å²) < 4.78 is 0. The quantitative estimate of drug-likeness (QED) is 0.222. The van der Waals surface area contributed by atoms with E-state index in [0.29, 0.717) is 39.9 Å². The second-order valence-electron chi connectivity index (χ2n) is 17.9. The Hall–Kier alpha value is -5.69. The second kappa shape index (κ2) is 18.1. The van der Waals surface area contributed by atoms with Gasteiger partial charge in [0.15, 0.2) is 12.4 Å². The molecule has 9 rings (SSSR count). The van der Waals surface area contributed by atoms with Crippen LogP contribution < -0.4 is 25.8 Å². The molecule has 1 aromatic heterocycles. The zero-order chi connectivity index (χ0) is 44.8. The van der Waals surface area contributed by atoms with Crippen LogP contribution in [0.4, 0.5) is 27.9 Å². The van der Waals surface area contributed by atoms with Crippen molar-refractivity contribution in [1.29, 1.82) is 0 Å². The standard InChI is InChI=1S/C45H54ClN11O7/c1-26(2)56-35-8-7-30(21-29(35)24-55(45(56)63)64-25-38(59)47-3)49-40-34(46)22-48-44(51-40)54-17-15-52(16-18-54)23-27-19-31(20-27)53-13-11-28(12-14-53)32-5-4-6-33-39(32)43(62)57(42(33)61)36-9-10-37(58)50-41(36)60/h4-8,21-22,26-28,31,36H,9-20,23-25H2,1-3H3,(H,47,59)(H,48,49,51)(H,50,58,60)/t27?,31?,36-/m0/s1. The highest BCUT2D eigenvalue weighted by Gasteiger charge is 2.47. The van der Waals surface area contributed by atoms with Crippen LogP contribution >= 0.6 is 11.6 Å². The highest BCUT2D eigenvalue weighted by molar-refractivity contribution is 6.33. The van der Waals surface area contributed by atoms with Crippen LogP contribution in [0.15, 0.2) is 42.6 Å². The lowest BCUT2D eigenvalue weighted by molar-refractivity contribution is -0.151. The molecule has 3 aromatic rings. The molecule has 0 spiro atoms. The number of nitrogens with zero attached hydrogens (tertiary/aromatic N) is 8. The van der Waals surface area contributed by atoms with Gasteiger partial charge in [-0.1, -0.05) is 23.7 Å². The molecule has 5 aliphatic heterocycles.